The fourth-order valence-corrected chi connectivity index (χ4v) is 1.91. The molecule has 0 saturated carbocycles. The Kier molecular flexibility index (Phi) is 3.07. The van der Waals surface area contributed by atoms with E-state index in [-0.39, 0.29) is 11.7 Å². The summed E-state index contributed by atoms with van der Waals surface area (Å²) in [6.45, 7) is 0. The zero-order valence-corrected chi connectivity index (χ0v) is 10.9. The van der Waals surface area contributed by atoms with Crippen molar-refractivity contribution in [2.45, 2.75) is 0 Å². The molecule has 0 bridgehead atoms. The van der Waals surface area contributed by atoms with Crippen LogP contribution in [0.2, 0.25) is 0 Å². The van der Waals surface area contributed by atoms with Crippen LogP contribution in [0.3, 0.4) is 0 Å². The molecule has 3 rings (SSSR count). The smallest absolute Gasteiger partial charge is 0.220 e. The lowest BCUT2D eigenvalue weighted by molar-refractivity contribution is 0.475. The Balaban J connectivity index is 2.12. The summed E-state index contributed by atoms with van der Waals surface area (Å²) < 4.78 is 0. The highest BCUT2D eigenvalue weighted by atomic mass is 16.3. The van der Waals surface area contributed by atoms with Gasteiger partial charge in [0.1, 0.15) is 17.3 Å². The molecule has 5 N–H and O–H groups in total. The summed E-state index contributed by atoms with van der Waals surface area (Å²) in [5, 5.41) is 9.98. The molecule has 0 fully saturated rings. The normalized spacial score (nSPS) is 10.5. The summed E-state index contributed by atoms with van der Waals surface area (Å²) in [5.41, 5.74) is 13.5. The van der Waals surface area contributed by atoms with E-state index in [0.29, 0.717) is 22.9 Å². The van der Waals surface area contributed by atoms with Gasteiger partial charge in [-0.3, -0.25) is 0 Å². The van der Waals surface area contributed by atoms with Gasteiger partial charge >= 0.3 is 0 Å². The van der Waals surface area contributed by atoms with Crippen molar-refractivity contribution in [1.29, 1.82) is 0 Å². The Labute approximate surface area is 120 Å². The molecule has 0 atom stereocenters. The third kappa shape index (κ3) is 2.57. The number of nitrogens with zero attached hydrogens (tertiary/aromatic N) is 4. The Morgan fingerprint density at radius 3 is 2.43 bits per heavy atom. The lowest BCUT2D eigenvalue weighted by Crippen LogP contribution is -1.97. The lowest BCUT2D eigenvalue weighted by Gasteiger charge is -2.07. The molecular formula is C14H12N6O. The largest absolute Gasteiger partial charge is 0.506 e. The van der Waals surface area contributed by atoms with Crippen molar-refractivity contribution >= 4 is 11.8 Å². The lowest BCUT2D eigenvalue weighted by atomic mass is 10.1. The molecule has 3 heterocycles. The van der Waals surface area contributed by atoms with Gasteiger partial charge in [-0.2, -0.15) is 0 Å². The van der Waals surface area contributed by atoms with Gasteiger partial charge in [0.05, 0.1) is 11.4 Å². The van der Waals surface area contributed by atoms with Crippen LogP contribution >= 0.6 is 0 Å². The van der Waals surface area contributed by atoms with Crippen molar-refractivity contribution in [1.82, 2.24) is 19.9 Å². The van der Waals surface area contributed by atoms with E-state index in [1.165, 1.54) is 6.20 Å². The molecule has 0 aliphatic heterocycles. The molecule has 0 radical (unpaired) electrons. The fraction of sp³-hybridized carbons (Fsp3) is 0. The van der Waals surface area contributed by atoms with Crippen LogP contribution in [0.25, 0.3) is 22.6 Å². The molecule has 0 saturated heterocycles. The van der Waals surface area contributed by atoms with Gasteiger partial charge in [0, 0.05) is 18.0 Å². The van der Waals surface area contributed by atoms with Crippen molar-refractivity contribution in [2.75, 3.05) is 11.5 Å². The summed E-state index contributed by atoms with van der Waals surface area (Å²) in [4.78, 5) is 16.2. The summed E-state index contributed by atoms with van der Waals surface area (Å²) in [6.07, 6.45) is 3.11. The molecule has 7 nitrogen and oxygen atoms in total. The molecule has 21 heavy (non-hydrogen) atoms. The van der Waals surface area contributed by atoms with Crippen molar-refractivity contribution in [3.63, 3.8) is 0 Å². The monoisotopic (exact) mass is 280 g/mol. The second kappa shape index (κ2) is 5.04. The minimum Gasteiger partial charge on any atom is -0.506 e. The first-order valence-corrected chi connectivity index (χ1v) is 6.14. The van der Waals surface area contributed by atoms with E-state index >= 15 is 0 Å². The van der Waals surface area contributed by atoms with Crippen LogP contribution in [0.4, 0.5) is 11.8 Å². The molecule has 0 aliphatic rings. The van der Waals surface area contributed by atoms with Crippen LogP contribution in [-0.4, -0.2) is 25.0 Å². The number of rotatable bonds is 2. The molecule has 0 spiro atoms. The highest BCUT2D eigenvalue weighted by Crippen LogP contribution is 2.29. The SMILES string of the molecule is Nc1cc(-c2ccc(O)c(-c3ccnc(N)n3)n2)ccn1. The van der Waals surface area contributed by atoms with Crippen LogP contribution < -0.4 is 11.5 Å². The predicted octanol–water partition coefficient (Wildman–Crippen LogP) is 1.47. The third-order valence-electron chi connectivity index (χ3n) is 2.87. The second-order valence-electron chi connectivity index (χ2n) is 4.33. The fourth-order valence-electron chi connectivity index (χ4n) is 1.91. The van der Waals surface area contributed by atoms with E-state index < -0.39 is 0 Å². The van der Waals surface area contributed by atoms with Crippen LogP contribution in [0.15, 0.2) is 42.7 Å². The number of nitrogen functional groups attached to an aromatic ring is 2. The average molecular weight is 280 g/mol. The average Bonchev–Trinajstić information content (AvgIpc) is 2.47. The van der Waals surface area contributed by atoms with E-state index in [4.69, 9.17) is 11.5 Å². The standard InChI is InChI=1S/C14H12N6O/c15-12-7-8(3-5-17-12)9-1-2-11(21)13(19-9)10-4-6-18-14(16)20-10/h1-7,21H,(H2,15,17)(H2,16,18,20). The summed E-state index contributed by atoms with van der Waals surface area (Å²) in [5.74, 6) is 0.529. The number of hydrogen-bond acceptors (Lipinski definition) is 7. The first kappa shape index (κ1) is 12.8. The van der Waals surface area contributed by atoms with Gasteiger partial charge in [0.25, 0.3) is 0 Å². The maximum absolute atomic E-state index is 9.98. The Bertz CT molecular complexity index is 805. The first-order valence-electron chi connectivity index (χ1n) is 6.14. The Hall–Kier alpha value is -3.22. The van der Waals surface area contributed by atoms with Crippen LogP contribution in [0, 0.1) is 0 Å². The molecule has 0 aromatic carbocycles. The van der Waals surface area contributed by atoms with Gasteiger partial charge in [-0.15, -0.1) is 0 Å². The number of aromatic hydroxyl groups is 1. The highest BCUT2D eigenvalue weighted by Gasteiger charge is 2.11. The highest BCUT2D eigenvalue weighted by molar-refractivity contribution is 5.69. The molecule has 7 heteroatoms. The molecule has 0 unspecified atom stereocenters. The zero-order valence-electron chi connectivity index (χ0n) is 10.9. The Morgan fingerprint density at radius 2 is 1.67 bits per heavy atom. The van der Waals surface area contributed by atoms with Gasteiger partial charge in [-0.1, -0.05) is 0 Å². The number of pyridine rings is 2. The van der Waals surface area contributed by atoms with Crippen molar-refractivity contribution < 1.29 is 5.11 Å². The van der Waals surface area contributed by atoms with E-state index in [9.17, 15) is 5.11 Å². The van der Waals surface area contributed by atoms with E-state index in [1.807, 2.05) is 0 Å². The second-order valence-corrected chi connectivity index (χ2v) is 4.33. The zero-order chi connectivity index (χ0) is 14.8. The van der Waals surface area contributed by atoms with Gasteiger partial charge in [-0.25, -0.2) is 19.9 Å². The topological polar surface area (TPSA) is 124 Å². The van der Waals surface area contributed by atoms with Crippen molar-refractivity contribution in [2.24, 2.45) is 0 Å². The summed E-state index contributed by atoms with van der Waals surface area (Å²) in [6, 6.07) is 8.36. The minimum atomic E-state index is 0.0129. The Morgan fingerprint density at radius 1 is 0.857 bits per heavy atom. The first-order chi connectivity index (χ1) is 10.1. The van der Waals surface area contributed by atoms with E-state index in [0.717, 1.165) is 5.56 Å². The maximum atomic E-state index is 9.98. The molecule has 0 amide bonds. The predicted molar refractivity (Wildman–Crippen MR) is 79.0 cm³/mol. The molecule has 3 aromatic rings. The summed E-state index contributed by atoms with van der Waals surface area (Å²) >= 11 is 0. The third-order valence-corrected chi connectivity index (χ3v) is 2.87. The van der Waals surface area contributed by atoms with Gasteiger partial charge in [-0.05, 0) is 30.3 Å². The van der Waals surface area contributed by atoms with E-state index in [1.54, 1.807) is 36.5 Å². The van der Waals surface area contributed by atoms with Crippen LogP contribution in [0.5, 0.6) is 5.75 Å². The van der Waals surface area contributed by atoms with Crippen molar-refractivity contribution in [3.8, 4) is 28.4 Å². The van der Waals surface area contributed by atoms with E-state index in [2.05, 4.69) is 19.9 Å². The van der Waals surface area contributed by atoms with Crippen molar-refractivity contribution in [3.05, 3.63) is 42.7 Å². The molecule has 3 aromatic heterocycles. The molecule has 104 valence electrons. The van der Waals surface area contributed by atoms with Crippen LogP contribution in [-0.2, 0) is 0 Å². The number of nitrogens with two attached hydrogens (primary N) is 2. The molecule has 0 aliphatic carbocycles. The van der Waals surface area contributed by atoms with Gasteiger partial charge < -0.3 is 16.6 Å². The van der Waals surface area contributed by atoms with Gasteiger partial charge in [0.15, 0.2) is 0 Å². The molecular weight excluding hydrogens is 268 g/mol. The minimum absolute atomic E-state index is 0.0129. The van der Waals surface area contributed by atoms with Crippen LogP contribution in [0.1, 0.15) is 0 Å². The maximum Gasteiger partial charge on any atom is 0.220 e. The number of anilines is 2. The quantitative estimate of drug-likeness (QED) is 0.649. The number of aromatic nitrogens is 4. The van der Waals surface area contributed by atoms with Gasteiger partial charge in [0.2, 0.25) is 5.95 Å². The summed E-state index contributed by atoms with van der Waals surface area (Å²) in [7, 11) is 0. The number of hydrogen-bond donors (Lipinski definition) is 3.